The van der Waals surface area contributed by atoms with Gasteiger partial charge in [-0.3, -0.25) is 0 Å². The molecule has 0 aromatic heterocycles. The van der Waals surface area contributed by atoms with Crippen molar-refractivity contribution in [3.63, 3.8) is 0 Å². The highest BCUT2D eigenvalue weighted by atomic mass is 32.2. The minimum absolute atomic E-state index is 0.0148. The van der Waals surface area contributed by atoms with Crippen molar-refractivity contribution in [2.75, 3.05) is 13.1 Å². The quantitative estimate of drug-likeness (QED) is 0.464. The first-order valence-corrected chi connectivity index (χ1v) is 12.8. The maximum Gasteiger partial charge on any atom is 0.244 e. The molecule has 0 bridgehead atoms. The van der Waals surface area contributed by atoms with Gasteiger partial charge in [-0.2, -0.15) is 4.31 Å². The summed E-state index contributed by atoms with van der Waals surface area (Å²) in [7, 11) is -3.71. The summed E-state index contributed by atoms with van der Waals surface area (Å²) < 4.78 is 27.9. The first-order chi connectivity index (χ1) is 15.7. The molecule has 4 nitrogen and oxygen atoms in total. The van der Waals surface area contributed by atoms with E-state index in [4.69, 9.17) is 0 Å². The molecule has 0 radical (unpaired) electrons. The fourth-order valence-corrected chi connectivity index (χ4v) is 5.10. The molecule has 1 aliphatic rings. The largest absolute Gasteiger partial charge is 0.374 e. The molecule has 0 spiro atoms. The predicted molar refractivity (Wildman–Crippen MR) is 135 cm³/mol. The summed E-state index contributed by atoms with van der Waals surface area (Å²) in [5.74, 6) is 6.03. The van der Waals surface area contributed by atoms with E-state index < -0.39 is 15.6 Å². The minimum Gasteiger partial charge on any atom is -0.374 e. The van der Waals surface area contributed by atoms with Crippen molar-refractivity contribution in [3.05, 3.63) is 82.9 Å². The number of hydrogen-bond donors (Lipinski definition) is 1. The van der Waals surface area contributed by atoms with Gasteiger partial charge in [-0.15, -0.1) is 0 Å². The van der Waals surface area contributed by atoms with Crippen LogP contribution < -0.4 is 0 Å². The van der Waals surface area contributed by atoms with Crippen LogP contribution in [0.15, 0.2) is 76.7 Å². The van der Waals surface area contributed by atoms with E-state index in [1.165, 1.54) is 4.31 Å². The van der Waals surface area contributed by atoms with Crippen LogP contribution in [0.2, 0.25) is 0 Å². The van der Waals surface area contributed by atoms with Crippen molar-refractivity contribution in [1.29, 1.82) is 0 Å². The van der Waals surface area contributed by atoms with E-state index in [1.807, 2.05) is 63.3 Å². The molecule has 1 fully saturated rings. The molecule has 1 N–H and O–H groups in total. The van der Waals surface area contributed by atoms with Crippen molar-refractivity contribution in [2.24, 2.45) is 0 Å². The normalized spacial score (nSPS) is 19.7. The van der Waals surface area contributed by atoms with Crippen molar-refractivity contribution < 1.29 is 13.5 Å². The van der Waals surface area contributed by atoms with Gasteiger partial charge in [0.05, 0.1) is 11.4 Å². The molecule has 1 saturated carbocycles. The summed E-state index contributed by atoms with van der Waals surface area (Å²) in [6.45, 7) is 6.05. The number of hydrogen-bond acceptors (Lipinski definition) is 3. The molecule has 2 aromatic carbocycles. The maximum atomic E-state index is 13.3. The number of benzene rings is 2. The van der Waals surface area contributed by atoms with E-state index in [0.717, 1.165) is 41.5 Å². The molecule has 3 rings (SSSR count). The highest BCUT2D eigenvalue weighted by molar-refractivity contribution is 7.89. The molecule has 0 amide bonds. The second-order valence-electron chi connectivity index (χ2n) is 8.84. The molecule has 0 heterocycles. The number of aliphatic hydroxyl groups is 1. The van der Waals surface area contributed by atoms with Crippen LogP contribution in [0.3, 0.4) is 0 Å². The maximum absolute atomic E-state index is 13.3. The van der Waals surface area contributed by atoms with Gasteiger partial charge in [0.1, 0.15) is 5.60 Å². The second kappa shape index (κ2) is 11.0. The second-order valence-corrected chi connectivity index (χ2v) is 10.8. The summed E-state index contributed by atoms with van der Waals surface area (Å²) in [6.07, 6.45) is 7.12. The lowest BCUT2D eigenvalue weighted by Gasteiger charge is -2.30. The van der Waals surface area contributed by atoms with Crippen molar-refractivity contribution in [3.8, 4) is 11.8 Å². The average Bonchev–Trinajstić information content (AvgIpc) is 2.78. The number of nitrogens with zero attached hydrogens (tertiary/aromatic N) is 1. The van der Waals surface area contributed by atoms with Gasteiger partial charge < -0.3 is 5.11 Å². The third kappa shape index (κ3) is 6.68. The van der Waals surface area contributed by atoms with Gasteiger partial charge in [0.25, 0.3) is 0 Å². The summed E-state index contributed by atoms with van der Waals surface area (Å²) in [5.41, 5.74) is 2.73. The molecule has 0 saturated heterocycles. The average molecular weight is 464 g/mol. The van der Waals surface area contributed by atoms with Crippen LogP contribution in [0.25, 0.3) is 6.08 Å². The zero-order valence-corrected chi connectivity index (χ0v) is 20.5. The van der Waals surface area contributed by atoms with Crippen LogP contribution in [-0.2, 0) is 10.0 Å². The Hall–Kier alpha value is -2.65. The Morgan fingerprint density at radius 1 is 1.09 bits per heavy atom. The van der Waals surface area contributed by atoms with Crippen LogP contribution >= 0.6 is 0 Å². The molecule has 5 heteroatoms. The predicted octanol–water partition coefficient (Wildman–Crippen LogP) is 5.34. The summed E-state index contributed by atoms with van der Waals surface area (Å²) in [6, 6.07) is 16.8. The molecule has 174 valence electrons. The van der Waals surface area contributed by atoms with Gasteiger partial charge in [0, 0.05) is 6.54 Å². The van der Waals surface area contributed by atoms with E-state index in [2.05, 4.69) is 11.8 Å². The smallest absolute Gasteiger partial charge is 0.244 e. The van der Waals surface area contributed by atoms with E-state index in [0.29, 0.717) is 6.42 Å². The Labute approximate surface area is 198 Å². The van der Waals surface area contributed by atoms with Gasteiger partial charge in [-0.1, -0.05) is 77.6 Å². The minimum atomic E-state index is -3.71. The van der Waals surface area contributed by atoms with Crippen molar-refractivity contribution in [1.82, 2.24) is 4.31 Å². The summed E-state index contributed by atoms with van der Waals surface area (Å²) in [5, 5.41) is 11.4. The van der Waals surface area contributed by atoms with Crippen molar-refractivity contribution >= 4 is 16.1 Å². The lowest BCUT2D eigenvalue weighted by Crippen LogP contribution is -2.34. The van der Waals surface area contributed by atoms with Gasteiger partial charge in [-0.05, 0) is 69.7 Å². The van der Waals surface area contributed by atoms with Crippen LogP contribution in [0.1, 0.15) is 50.7 Å². The Morgan fingerprint density at radius 2 is 1.79 bits per heavy atom. The molecular formula is C28H33NO3S. The van der Waals surface area contributed by atoms with Gasteiger partial charge >= 0.3 is 0 Å². The monoisotopic (exact) mass is 463 g/mol. The summed E-state index contributed by atoms with van der Waals surface area (Å²) >= 11 is 0. The Balaban J connectivity index is 1.88. The first-order valence-electron chi connectivity index (χ1n) is 11.4. The summed E-state index contributed by atoms with van der Waals surface area (Å²) in [4.78, 5) is 0.248. The van der Waals surface area contributed by atoms with Crippen LogP contribution in [-0.4, -0.2) is 36.5 Å². The third-order valence-electron chi connectivity index (χ3n) is 5.82. The lowest BCUT2D eigenvalue weighted by atomic mass is 9.79. The van der Waals surface area contributed by atoms with Gasteiger partial charge in [0.15, 0.2) is 0 Å². The molecule has 1 atom stereocenters. The Kier molecular flexibility index (Phi) is 8.31. The van der Waals surface area contributed by atoms with E-state index in [-0.39, 0.29) is 18.0 Å². The molecule has 1 unspecified atom stereocenters. The van der Waals surface area contributed by atoms with Crippen molar-refractivity contribution in [2.45, 2.75) is 57.0 Å². The van der Waals surface area contributed by atoms with Crippen LogP contribution in [0.5, 0.6) is 0 Å². The molecule has 33 heavy (non-hydrogen) atoms. The number of aryl methyl sites for hydroxylation is 1. The first kappa shape index (κ1) is 25.0. The molecule has 1 aliphatic carbocycles. The number of rotatable bonds is 6. The highest BCUT2D eigenvalue weighted by Gasteiger charge is 2.32. The van der Waals surface area contributed by atoms with E-state index in [1.54, 1.807) is 24.3 Å². The number of allylic oxidation sites excluding steroid dienone is 1. The Bertz CT molecular complexity index is 1170. The zero-order chi connectivity index (χ0) is 23.9. The van der Waals surface area contributed by atoms with E-state index in [9.17, 15) is 13.5 Å². The van der Waals surface area contributed by atoms with Crippen LogP contribution in [0, 0.1) is 18.8 Å². The topological polar surface area (TPSA) is 57.6 Å². The van der Waals surface area contributed by atoms with Gasteiger partial charge in [0.2, 0.25) is 10.0 Å². The number of sulfonamides is 1. The standard InChI is InChI=1S/C28H33NO3S/c1-23(2)17-21-29(33(31,32)27-15-13-24(3)14-16-27)20-9-19-28(30)18-8-7-12-26(28)22-25-10-5-4-6-11-25/h4-6,10-11,13-17,22,30H,7-8,12,18,20-21H2,1-3H3/b26-22-. The SMILES string of the molecule is CC(C)=CCN(CC#CC1(O)CCCC/C1=C/c1ccccc1)S(=O)(=O)c1ccc(C)cc1. The zero-order valence-electron chi connectivity index (χ0n) is 19.7. The van der Waals surface area contributed by atoms with E-state index >= 15 is 0 Å². The fraction of sp³-hybridized carbons (Fsp3) is 0.357. The van der Waals surface area contributed by atoms with Crippen LogP contribution in [0.4, 0.5) is 0 Å². The lowest BCUT2D eigenvalue weighted by molar-refractivity contribution is 0.111. The Morgan fingerprint density at radius 3 is 2.45 bits per heavy atom. The highest BCUT2D eigenvalue weighted by Crippen LogP contribution is 2.34. The molecule has 2 aromatic rings. The van der Waals surface area contributed by atoms with Gasteiger partial charge in [-0.25, -0.2) is 8.42 Å². The fourth-order valence-electron chi connectivity index (χ4n) is 3.81. The third-order valence-corrected chi connectivity index (χ3v) is 7.64. The molecule has 0 aliphatic heterocycles. The molecular weight excluding hydrogens is 430 g/mol.